The summed E-state index contributed by atoms with van der Waals surface area (Å²) < 4.78 is 5.49. The number of nitrogens with two attached hydrogens (primary N) is 1. The Morgan fingerprint density at radius 2 is 2.33 bits per heavy atom. The third kappa shape index (κ3) is 2.33. The van der Waals surface area contributed by atoms with Gasteiger partial charge in [0.05, 0.1) is 23.7 Å². The van der Waals surface area contributed by atoms with E-state index in [1.807, 2.05) is 18.7 Å². The summed E-state index contributed by atoms with van der Waals surface area (Å²) in [6.45, 7) is 4.88. The Bertz CT molecular complexity index is 467. The van der Waals surface area contributed by atoms with Crippen molar-refractivity contribution in [1.82, 2.24) is 9.97 Å². The highest BCUT2D eigenvalue weighted by molar-refractivity contribution is 5.59. The topological polar surface area (TPSA) is 107 Å². The number of ether oxygens (including phenoxy) is 1. The Balaban J connectivity index is 2.41. The fraction of sp³-hybridized carbons (Fsp3) is 0.600. The Morgan fingerprint density at radius 3 is 3.00 bits per heavy atom. The average molecular weight is 253 g/mol. The molecule has 0 spiro atoms. The molecule has 1 fully saturated rings. The van der Waals surface area contributed by atoms with Crippen LogP contribution in [-0.2, 0) is 4.74 Å². The monoisotopic (exact) mass is 253 g/mol. The van der Waals surface area contributed by atoms with Crippen molar-refractivity contribution in [3.8, 4) is 0 Å². The van der Waals surface area contributed by atoms with Gasteiger partial charge in [-0.25, -0.2) is 4.98 Å². The SMILES string of the molecule is CC1CN(c2nc(N)ncc2[N+](=O)[O-])C(C)CO1. The summed E-state index contributed by atoms with van der Waals surface area (Å²) in [6.07, 6.45) is 1.14. The maximum absolute atomic E-state index is 11.0. The molecule has 1 aromatic rings. The van der Waals surface area contributed by atoms with Crippen LogP contribution in [0.25, 0.3) is 0 Å². The Morgan fingerprint density at radius 1 is 1.61 bits per heavy atom. The van der Waals surface area contributed by atoms with Gasteiger partial charge in [0, 0.05) is 6.54 Å². The van der Waals surface area contributed by atoms with Gasteiger partial charge in [-0.3, -0.25) is 10.1 Å². The number of nitro groups is 1. The molecule has 18 heavy (non-hydrogen) atoms. The molecule has 2 N–H and O–H groups in total. The van der Waals surface area contributed by atoms with E-state index in [0.717, 1.165) is 6.20 Å². The van der Waals surface area contributed by atoms with Crippen molar-refractivity contribution in [2.45, 2.75) is 26.0 Å². The quantitative estimate of drug-likeness (QED) is 0.606. The summed E-state index contributed by atoms with van der Waals surface area (Å²) in [5, 5.41) is 11.0. The van der Waals surface area contributed by atoms with Crippen LogP contribution in [-0.4, -0.2) is 40.2 Å². The number of rotatable bonds is 2. The minimum absolute atomic E-state index is 0.00278. The average Bonchev–Trinajstić information content (AvgIpc) is 2.31. The number of nitrogens with zero attached hydrogens (tertiary/aromatic N) is 4. The van der Waals surface area contributed by atoms with E-state index in [2.05, 4.69) is 9.97 Å². The van der Waals surface area contributed by atoms with Crippen LogP contribution in [0.1, 0.15) is 13.8 Å². The molecule has 1 saturated heterocycles. The Labute approximate surface area is 104 Å². The highest BCUT2D eigenvalue weighted by Gasteiger charge is 2.30. The van der Waals surface area contributed by atoms with Gasteiger partial charge in [-0.1, -0.05) is 0 Å². The van der Waals surface area contributed by atoms with Gasteiger partial charge in [-0.05, 0) is 13.8 Å². The fourth-order valence-electron chi connectivity index (χ4n) is 1.92. The van der Waals surface area contributed by atoms with Gasteiger partial charge in [-0.2, -0.15) is 4.98 Å². The third-order valence-corrected chi connectivity index (χ3v) is 2.85. The number of aromatic nitrogens is 2. The molecule has 0 radical (unpaired) electrons. The van der Waals surface area contributed by atoms with Crippen molar-refractivity contribution >= 4 is 17.5 Å². The molecule has 2 atom stereocenters. The molecule has 0 aromatic carbocycles. The second-order valence-corrected chi connectivity index (χ2v) is 4.34. The Hall–Kier alpha value is -1.96. The number of morpholine rings is 1. The molecule has 2 heterocycles. The molecule has 8 nitrogen and oxygen atoms in total. The highest BCUT2D eigenvalue weighted by atomic mass is 16.6. The van der Waals surface area contributed by atoms with Crippen LogP contribution >= 0.6 is 0 Å². The van der Waals surface area contributed by atoms with E-state index in [1.165, 1.54) is 0 Å². The first-order chi connectivity index (χ1) is 8.49. The summed E-state index contributed by atoms with van der Waals surface area (Å²) in [7, 11) is 0. The summed E-state index contributed by atoms with van der Waals surface area (Å²) in [4.78, 5) is 20.0. The van der Waals surface area contributed by atoms with Gasteiger partial charge < -0.3 is 15.4 Å². The van der Waals surface area contributed by atoms with Crippen molar-refractivity contribution < 1.29 is 9.66 Å². The lowest BCUT2D eigenvalue weighted by atomic mass is 10.2. The summed E-state index contributed by atoms with van der Waals surface area (Å²) in [6, 6.07) is 0.00852. The summed E-state index contributed by atoms with van der Waals surface area (Å²) >= 11 is 0. The van der Waals surface area contributed by atoms with E-state index in [-0.39, 0.29) is 29.6 Å². The molecule has 8 heteroatoms. The lowest BCUT2D eigenvalue weighted by molar-refractivity contribution is -0.384. The van der Waals surface area contributed by atoms with Crippen molar-refractivity contribution in [3.05, 3.63) is 16.3 Å². The van der Waals surface area contributed by atoms with Crippen LogP contribution in [0.5, 0.6) is 0 Å². The molecule has 98 valence electrons. The van der Waals surface area contributed by atoms with E-state index in [1.54, 1.807) is 0 Å². The van der Waals surface area contributed by atoms with Crippen LogP contribution in [0, 0.1) is 10.1 Å². The smallest absolute Gasteiger partial charge is 0.329 e. The molecule has 0 bridgehead atoms. The standard InChI is InChI=1S/C10H15N5O3/c1-6-5-18-7(2)4-14(6)9-8(15(16)17)3-12-10(11)13-9/h3,6-7H,4-5H2,1-2H3,(H2,11,12,13). The minimum Gasteiger partial charge on any atom is -0.375 e. The van der Waals surface area contributed by atoms with Crippen LogP contribution in [0.3, 0.4) is 0 Å². The molecular weight excluding hydrogens is 238 g/mol. The second-order valence-electron chi connectivity index (χ2n) is 4.34. The second kappa shape index (κ2) is 4.73. The first-order valence-corrected chi connectivity index (χ1v) is 5.64. The lowest BCUT2D eigenvalue weighted by Crippen LogP contribution is -2.48. The number of anilines is 2. The van der Waals surface area contributed by atoms with Crippen LogP contribution in [0.4, 0.5) is 17.5 Å². The molecular formula is C10H15N5O3. The molecule has 1 aliphatic rings. The van der Waals surface area contributed by atoms with Crippen LogP contribution in [0.15, 0.2) is 6.20 Å². The van der Waals surface area contributed by atoms with Gasteiger partial charge >= 0.3 is 5.69 Å². The van der Waals surface area contributed by atoms with Gasteiger partial charge in [0.15, 0.2) is 0 Å². The zero-order valence-electron chi connectivity index (χ0n) is 10.2. The molecule has 0 aliphatic carbocycles. The summed E-state index contributed by atoms with van der Waals surface area (Å²) in [5.41, 5.74) is 5.38. The molecule has 1 aliphatic heterocycles. The normalized spacial score (nSPS) is 24.0. The number of hydrogen-bond donors (Lipinski definition) is 1. The van der Waals surface area contributed by atoms with Crippen molar-refractivity contribution in [1.29, 1.82) is 0 Å². The zero-order chi connectivity index (χ0) is 13.3. The third-order valence-electron chi connectivity index (χ3n) is 2.85. The first-order valence-electron chi connectivity index (χ1n) is 5.64. The molecule has 1 aromatic heterocycles. The van der Waals surface area contributed by atoms with Gasteiger partial charge in [-0.15, -0.1) is 0 Å². The molecule has 0 saturated carbocycles. The lowest BCUT2D eigenvalue weighted by Gasteiger charge is -2.37. The van der Waals surface area contributed by atoms with E-state index in [4.69, 9.17) is 10.5 Å². The van der Waals surface area contributed by atoms with Crippen LogP contribution < -0.4 is 10.6 Å². The Kier molecular flexibility index (Phi) is 3.28. The maximum Gasteiger partial charge on any atom is 0.329 e. The minimum atomic E-state index is -0.498. The van der Waals surface area contributed by atoms with Crippen molar-refractivity contribution in [3.63, 3.8) is 0 Å². The fourth-order valence-corrected chi connectivity index (χ4v) is 1.92. The zero-order valence-corrected chi connectivity index (χ0v) is 10.2. The van der Waals surface area contributed by atoms with E-state index < -0.39 is 4.92 Å². The van der Waals surface area contributed by atoms with Crippen molar-refractivity contribution in [2.75, 3.05) is 23.8 Å². The molecule has 2 unspecified atom stereocenters. The van der Waals surface area contributed by atoms with Gasteiger partial charge in [0.25, 0.3) is 0 Å². The van der Waals surface area contributed by atoms with E-state index in [9.17, 15) is 10.1 Å². The predicted molar refractivity (Wildman–Crippen MR) is 65.3 cm³/mol. The van der Waals surface area contributed by atoms with Crippen LogP contribution in [0.2, 0.25) is 0 Å². The maximum atomic E-state index is 11.0. The van der Waals surface area contributed by atoms with E-state index >= 15 is 0 Å². The largest absolute Gasteiger partial charge is 0.375 e. The predicted octanol–water partition coefficient (Wildman–Crippen LogP) is 0.581. The van der Waals surface area contributed by atoms with E-state index in [0.29, 0.717) is 13.2 Å². The number of nitrogen functional groups attached to an aromatic ring is 1. The van der Waals surface area contributed by atoms with Gasteiger partial charge in [0.2, 0.25) is 11.8 Å². The molecule has 0 amide bonds. The first kappa shape index (κ1) is 12.5. The summed E-state index contributed by atoms with van der Waals surface area (Å²) in [5.74, 6) is 0.289. The van der Waals surface area contributed by atoms with Gasteiger partial charge in [0.1, 0.15) is 6.20 Å². The number of hydrogen-bond acceptors (Lipinski definition) is 7. The highest BCUT2D eigenvalue weighted by Crippen LogP contribution is 2.29. The molecule has 2 rings (SSSR count). The van der Waals surface area contributed by atoms with Crippen molar-refractivity contribution in [2.24, 2.45) is 0 Å².